The molecule has 2 rings (SSSR count). The molecule has 0 bridgehead atoms. The second-order valence-corrected chi connectivity index (χ2v) is 5.27. The zero-order valence-corrected chi connectivity index (χ0v) is 11.4. The second-order valence-electron chi connectivity index (χ2n) is 4.41. The number of piperidine rings is 1. The lowest BCUT2D eigenvalue weighted by Gasteiger charge is -2.38. The van der Waals surface area contributed by atoms with Gasteiger partial charge in [-0.2, -0.15) is 0 Å². The van der Waals surface area contributed by atoms with Crippen LogP contribution in [0.5, 0.6) is 0 Å². The third-order valence-corrected chi connectivity index (χ3v) is 3.86. The maximum absolute atomic E-state index is 9.14. The number of aromatic nitrogens is 1. The number of rotatable bonds is 3. The fourth-order valence-corrected chi connectivity index (χ4v) is 3.07. The molecule has 0 saturated carbocycles. The van der Waals surface area contributed by atoms with E-state index in [9.17, 15) is 0 Å². The summed E-state index contributed by atoms with van der Waals surface area (Å²) in [6, 6.07) is 0.384. The van der Waals surface area contributed by atoms with Gasteiger partial charge >= 0.3 is 0 Å². The standard InChI is InChI=1S/C12H18BrN3O/c13-10-7-15-8-11(14)12(10)16-5-2-1-3-9(16)4-6-17/h7-9,17H,1-6,14H2. The number of hydrogen-bond acceptors (Lipinski definition) is 4. The maximum Gasteiger partial charge on any atom is 0.0778 e. The van der Waals surface area contributed by atoms with Gasteiger partial charge in [-0.1, -0.05) is 0 Å². The monoisotopic (exact) mass is 299 g/mol. The lowest BCUT2D eigenvalue weighted by atomic mass is 9.99. The van der Waals surface area contributed by atoms with Gasteiger partial charge in [0.05, 0.1) is 22.0 Å². The highest BCUT2D eigenvalue weighted by atomic mass is 79.9. The Labute approximate surface area is 110 Å². The van der Waals surface area contributed by atoms with E-state index in [1.165, 1.54) is 12.8 Å². The van der Waals surface area contributed by atoms with E-state index in [0.29, 0.717) is 11.7 Å². The number of hydrogen-bond donors (Lipinski definition) is 2. The molecule has 1 unspecified atom stereocenters. The summed E-state index contributed by atoms with van der Waals surface area (Å²) in [5.41, 5.74) is 7.74. The Kier molecular flexibility index (Phi) is 4.23. The Morgan fingerprint density at radius 3 is 3.00 bits per heavy atom. The minimum absolute atomic E-state index is 0.226. The summed E-state index contributed by atoms with van der Waals surface area (Å²) >= 11 is 3.51. The molecular formula is C12H18BrN3O. The Balaban J connectivity index is 2.29. The van der Waals surface area contributed by atoms with E-state index in [-0.39, 0.29) is 6.61 Å². The molecule has 1 saturated heterocycles. The average Bonchev–Trinajstić information content (AvgIpc) is 2.31. The third kappa shape index (κ3) is 2.72. The first-order valence-electron chi connectivity index (χ1n) is 6.00. The molecule has 1 atom stereocenters. The van der Waals surface area contributed by atoms with Gasteiger partial charge in [-0.25, -0.2) is 0 Å². The van der Waals surface area contributed by atoms with Crippen LogP contribution in [0.3, 0.4) is 0 Å². The minimum atomic E-state index is 0.226. The quantitative estimate of drug-likeness (QED) is 0.898. The molecule has 2 heterocycles. The second kappa shape index (κ2) is 5.69. The highest BCUT2D eigenvalue weighted by molar-refractivity contribution is 9.10. The zero-order valence-electron chi connectivity index (χ0n) is 9.77. The first-order chi connectivity index (χ1) is 8.24. The van der Waals surface area contributed by atoms with E-state index in [4.69, 9.17) is 10.8 Å². The Morgan fingerprint density at radius 2 is 2.29 bits per heavy atom. The van der Waals surface area contributed by atoms with Crippen molar-refractivity contribution in [1.29, 1.82) is 0 Å². The molecule has 0 spiro atoms. The van der Waals surface area contributed by atoms with Crippen LogP contribution < -0.4 is 10.6 Å². The molecule has 94 valence electrons. The van der Waals surface area contributed by atoms with Crippen LogP contribution in [0.1, 0.15) is 25.7 Å². The van der Waals surface area contributed by atoms with Crippen molar-refractivity contribution in [2.24, 2.45) is 0 Å². The number of anilines is 2. The van der Waals surface area contributed by atoms with Crippen LogP contribution in [0.4, 0.5) is 11.4 Å². The molecule has 0 aliphatic carbocycles. The summed E-state index contributed by atoms with van der Waals surface area (Å²) in [4.78, 5) is 6.37. The lowest BCUT2D eigenvalue weighted by molar-refractivity contribution is 0.262. The van der Waals surface area contributed by atoms with Crippen molar-refractivity contribution < 1.29 is 5.11 Å². The number of nitrogen functional groups attached to an aromatic ring is 1. The van der Waals surface area contributed by atoms with Crippen molar-refractivity contribution >= 4 is 27.3 Å². The first kappa shape index (κ1) is 12.6. The molecule has 1 aromatic heterocycles. The van der Waals surface area contributed by atoms with E-state index >= 15 is 0 Å². The number of aliphatic hydroxyl groups excluding tert-OH is 1. The van der Waals surface area contributed by atoms with Crippen LogP contribution in [0.25, 0.3) is 0 Å². The average molecular weight is 300 g/mol. The van der Waals surface area contributed by atoms with Gasteiger partial charge in [0.1, 0.15) is 0 Å². The van der Waals surface area contributed by atoms with Gasteiger partial charge in [-0.3, -0.25) is 4.98 Å². The highest BCUT2D eigenvalue weighted by Crippen LogP contribution is 2.36. The normalized spacial score (nSPS) is 20.6. The van der Waals surface area contributed by atoms with Crippen molar-refractivity contribution in [3.8, 4) is 0 Å². The molecule has 1 aliphatic heterocycles. The zero-order chi connectivity index (χ0) is 12.3. The van der Waals surface area contributed by atoms with Crippen molar-refractivity contribution in [1.82, 2.24) is 4.98 Å². The summed E-state index contributed by atoms with van der Waals surface area (Å²) in [6.07, 6.45) is 7.78. The van der Waals surface area contributed by atoms with Crippen LogP contribution in [-0.2, 0) is 0 Å². The van der Waals surface area contributed by atoms with Crippen LogP contribution >= 0.6 is 15.9 Å². The van der Waals surface area contributed by atoms with Crippen LogP contribution in [-0.4, -0.2) is 29.3 Å². The molecule has 1 fully saturated rings. The smallest absolute Gasteiger partial charge is 0.0778 e. The molecule has 17 heavy (non-hydrogen) atoms. The van der Waals surface area contributed by atoms with Gasteiger partial charge in [-0.05, 0) is 41.6 Å². The fraction of sp³-hybridized carbons (Fsp3) is 0.583. The topological polar surface area (TPSA) is 62.4 Å². The molecule has 1 aromatic rings. The molecule has 5 heteroatoms. The van der Waals surface area contributed by atoms with Gasteiger partial charge in [0, 0.05) is 25.4 Å². The van der Waals surface area contributed by atoms with E-state index in [1.807, 2.05) is 0 Å². The summed E-state index contributed by atoms with van der Waals surface area (Å²) in [7, 11) is 0. The largest absolute Gasteiger partial charge is 0.396 e. The molecule has 1 aliphatic rings. The summed E-state index contributed by atoms with van der Waals surface area (Å²) in [6.45, 7) is 1.22. The van der Waals surface area contributed by atoms with Crippen molar-refractivity contribution in [3.05, 3.63) is 16.9 Å². The van der Waals surface area contributed by atoms with Gasteiger partial charge in [0.2, 0.25) is 0 Å². The minimum Gasteiger partial charge on any atom is -0.396 e. The first-order valence-corrected chi connectivity index (χ1v) is 6.80. The van der Waals surface area contributed by atoms with Crippen molar-refractivity contribution in [2.45, 2.75) is 31.7 Å². The van der Waals surface area contributed by atoms with Crippen LogP contribution in [0.2, 0.25) is 0 Å². The molecule has 0 aromatic carbocycles. The molecular weight excluding hydrogens is 282 g/mol. The lowest BCUT2D eigenvalue weighted by Crippen LogP contribution is -2.40. The van der Waals surface area contributed by atoms with E-state index in [2.05, 4.69) is 25.8 Å². The Hall–Kier alpha value is -0.810. The van der Waals surface area contributed by atoms with Crippen molar-refractivity contribution in [3.63, 3.8) is 0 Å². The van der Waals surface area contributed by atoms with Gasteiger partial charge < -0.3 is 15.7 Å². The molecule has 0 amide bonds. The highest BCUT2D eigenvalue weighted by Gasteiger charge is 2.25. The predicted molar refractivity (Wildman–Crippen MR) is 73.0 cm³/mol. The SMILES string of the molecule is Nc1cncc(Br)c1N1CCCCC1CCO. The van der Waals surface area contributed by atoms with Gasteiger partial charge in [-0.15, -0.1) is 0 Å². The number of pyridine rings is 1. The summed E-state index contributed by atoms with van der Waals surface area (Å²) < 4.78 is 0.933. The number of nitrogens with zero attached hydrogens (tertiary/aromatic N) is 2. The Bertz CT molecular complexity index is 364. The van der Waals surface area contributed by atoms with Crippen LogP contribution in [0, 0.1) is 0 Å². The molecule has 3 N–H and O–H groups in total. The number of aliphatic hydroxyl groups is 1. The molecule has 0 radical (unpaired) electrons. The third-order valence-electron chi connectivity index (χ3n) is 3.28. The number of nitrogens with two attached hydrogens (primary N) is 1. The van der Waals surface area contributed by atoms with Gasteiger partial charge in [0.15, 0.2) is 0 Å². The summed E-state index contributed by atoms with van der Waals surface area (Å²) in [5, 5.41) is 9.14. The number of halogens is 1. The van der Waals surface area contributed by atoms with E-state index in [0.717, 1.165) is 29.5 Å². The Morgan fingerprint density at radius 1 is 1.47 bits per heavy atom. The fourth-order valence-electron chi connectivity index (χ4n) is 2.49. The van der Waals surface area contributed by atoms with E-state index < -0.39 is 0 Å². The van der Waals surface area contributed by atoms with Gasteiger partial charge in [0.25, 0.3) is 0 Å². The van der Waals surface area contributed by atoms with Crippen LogP contribution in [0.15, 0.2) is 16.9 Å². The van der Waals surface area contributed by atoms with Crippen molar-refractivity contribution in [2.75, 3.05) is 23.8 Å². The predicted octanol–water partition coefficient (Wildman–Crippen LogP) is 2.17. The molecule has 4 nitrogen and oxygen atoms in total. The maximum atomic E-state index is 9.14. The summed E-state index contributed by atoms with van der Waals surface area (Å²) in [5.74, 6) is 0. The van der Waals surface area contributed by atoms with E-state index in [1.54, 1.807) is 12.4 Å².